The molecule has 1 atom stereocenters. The van der Waals surface area contributed by atoms with Crippen LogP contribution in [0.5, 0.6) is 0 Å². The maximum atomic E-state index is 12.2. The molecule has 4 heteroatoms. The number of hydrogen-bond donors (Lipinski definition) is 1. The Labute approximate surface area is 113 Å². The maximum absolute atomic E-state index is 12.2. The highest BCUT2D eigenvalue weighted by molar-refractivity contribution is 6.01. The Bertz CT molecular complexity index is 574. The normalized spacial score (nSPS) is 12.3. The molecule has 0 saturated carbocycles. The average Bonchev–Trinajstić information content (AvgIpc) is 2.86. The molecule has 0 aliphatic rings. The molecule has 19 heavy (non-hydrogen) atoms. The van der Waals surface area contributed by atoms with E-state index in [0.717, 1.165) is 12.1 Å². The Morgan fingerprint density at radius 1 is 1.37 bits per heavy atom. The number of nitrogens with two attached hydrogens (primary N) is 1. The van der Waals surface area contributed by atoms with Crippen molar-refractivity contribution in [2.75, 3.05) is 5.73 Å². The molecule has 1 aromatic carbocycles. The van der Waals surface area contributed by atoms with Gasteiger partial charge < -0.3 is 5.73 Å². The standard InChI is InChI=1S/C15H19N3O/c1-3-11(2)18-9-8-12(17-18)10-15(19)13-6-4-5-7-14(13)16/h4-9,11H,3,10,16H2,1-2H3. The van der Waals surface area contributed by atoms with Crippen molar-refractivity contribution >= 4 is 11.5 Å². The van der Waals surface area contributed by atoms with Crippen molar-refractivity contribution in [1.29, 1.82) is 0 Å². The van der Waals surface area contributed by atoms with Gasteiger partial charge in [0, 0.05) is 23.5 Å². The lowest BCUT2D eigenvalue weighted by Gasteiger charge is -2.08. The SMILES string of the molecule is CCC(C)n1ccc(CC(=O)c2ccccc2N)n1. The minimum atomic E-state index is 0.00695. The summed E-state index contributed by atoms with van der Waals surface area (Å²) >= 11 is 0. The molecular formula is C15H19N3O. The number of benzene rings is 1. The van der Waals surface area contributed by atoms with E-state index < -0.39 is 0 Å². The fraction of sp³-hybridized carbons (Fsp3) is 0.333. The van der Waals surface area contributed by atoms with Gasteiger partial charge in [-0.05, 0) is 31.5 Å². The predicted octanol–water partition coefficient (Wildman–Crippen LogP) is 2.86. The smallest absolute Gasteiger partial charge is 0.170 e. The predicted molar refractivity (Wildman–Crippen MR) is 76.1 cm³/mol. The number of para-hydroxylation sites is 1. The Kier molecular flexibility index (Phi) is 4.00. The van der Waals surface area contributed by atoms with Crippen LogP contribution in [0.25, 0.3) is 0 Å². The van der Waals surface area contributed by atoms with Gasteiger partial charge in [-0.2, -0.15) is 5.10 Å². The van der Waals surface area contributed by atoms with Crippen molar-refractivity contribution in [3.05, 3.63) is 47.8 Å². The summed E-state index contributed by atoms with van der Waals surface area (Å²) in [6.45, 7) is 4.22. The number of Topliss-reactive ketones (excluding diaryl/α,β-unsaturated/α-hetero) is 1. The zero-order chi connectivity index (χ0) is 13.8. The number of carbonyl (C=O) groups excluding carboxylic acids is 1. The molecule has 0 radical (unpaired) electrons. The number of hydrogen-bond acceptors (Lipinski definition) is 3. The molecule has 100 valence electrons. The third-order valence-electron chi connectivity index (χ3n) is 3.31. The number of nitrogen functional groups attached to an aromatic ring is 1. The first-order valence-corrected chi connectivity index (χ1v) is 6.53. The molecule has 4 nitrogen and oxygen atoms in total. The molecule has 0 amide bonds. The Balaban J connectivity index is 2.11. The van der Waals surface area contributed by atoms with Crippen LogP contribution in [0.2, 0.25) is 0 Å². The summed E-state index contributed by atoms with van der Waals surface area (Å²) in [7, 11) is 0. The van der Waals surface area contributed by atoms with Crippen molar-refractivity contribution in [1.82, 2.24) is 9.78 Å². The highest BCUT2D eigenvalue weighted by Crippen LogP contribution is 2.15. The van der Waals surface area contributed by atoms with Crippen molar-refractivity contribution in [2.24, 2.45) is 0 Å². The third-order valence-corrected chi connectivity index (χ3v) is 3.31. The van der Waals surface area contributed by atoms with Crippen LogP contribution in [0.3, 0.4) is 0 Å². The summed E-state index contributed by atoms with van der Waals surface area (Å²) in [4.78, 5) is 12.2. The molecule has 0 spiro atoms. The largest absolute Gasteiger partial charge is 0.398 e. The van der Waals surface area contributed by atoms with E-state index in [1.807, 2.05) is 29.1 Å². The second-order valence-corrected chi connectivity index (χ2v) is 4.73. The summed E-state index contributed by atoms with van der Waals surface area (Å²) in [5.41, 5.74) is 7.68. The Hall–Kier alpha value is -2.10. The topological polar surface area (TPSA) is 60.9 Å². The van der Waals surface area contributed by atoms with E-state index in [9.17, 15) is 4.79 Å². The zero-order valence-corrected chi connectivity index (χ0v) is 11.3. The first-order valence-electron chi connectivity index (χ1n) is 6.53. The van der Waals surface area contributed by atoms with Gasteiger partial charge in [0.15, 0.2) is 5.78 Å². The molecule has 1 aromatic heterocycles. The Morgan fingerprint density at radius 3 is 2.79 bits per heavy atom. The molecule has 0 saturated heterocycles. The van der Waals surface area contributed by atoms with Crippen LogP contribution in [0.15, 0.2) is 36.5 Å². The van der Waals surface area contributed by atoms with Crippen LogP contribution in [-0.4, -0.2) is 15.6 Å². The van der Waals surface area contributed by atoms with E-state index in [1.165, 1.54) is 0 Å². The van der Waals surface area contributed by atoms with Gasteiger partial charge >= 0.3 is 0 Å². The van der Waals surface area contributed by atoms with Gasteiger partial charge in [-0.15, -0.1) is 0 Å². The van der Waals surface area contributed by atoms with Crippen LogP contribution in [0.4, 0.5) is 5.69 Å². The van der Waals surface area contributed by atoms with Gasteiger partial charge in [-0.1, -0.05) is 19.1 Å². The van der Waals surface area contributed by atoms with Crippen molar-refractivity contribution in [3.63, 3.8) is 0 Å². The second-order valence-electron chi connectivity index (χ2n) is 4.73. The lowest BCUT2D eigenvalue weighted by molar-refractivity contribution is 0.0992. The van der Waals surface area contributed by atoms with Gasteiger partial charge in [0.25, 0.3) is 0 Å². The van der Waals surface area contributed by atoms with Crippen LogP contribution in [0, 0.1) is 0 Å². The number of ketones is 1. The van der Waals surface area contributed by atoms with Gasteiger partial charge in [0.05, 0.1) is 12.1 Å². The molecule has 2 aromatic rings. The lowest BCUT2D eigenvalue weighted by atomic mass is 10.1. The molecule has 0 fully saturated rings. The summed E-state index contributed by atoms with van der Waals surface area (Å²) < 4.78 is 1.90. The summed E-state index contributed by atoms with van der Waals surface area (Å²) in [6.07, 6.45) is 3.23. The van der Waals surface area contributed by atoms with Crippen LogP contribution in [0.1, 0.15) is 42.4 Å². The van der Waals surface area contributed by atoms with Gasteiger partial charge in [0.2, 0.25) is 0 Å². The quantitative estimate of drug-likeness (QED) is 0.661. The van der Waals surface area contributed by atoms with E-state index in [4.69, 9.17) is 5.73 Å². The van der Waals surface area contributed by atoms with Crippen molar-refractivity contribution in [3.8, 4) is 0 Å². The molecule has 2 rings (SSSR count). The van der Waals surface area contributed by atoms with Gasteiger partial charge in [-0.25, -0.2) is 0 Å². The fourth-order valence-electron chi connectivity index (χ4n) is 1.91. The van der Waals surface area contributed by atoms with Crippen LogP contribution in [-0.2, 0) is 6.42 Å². The maximum Gasteiger partial charge on any atom is 0.170 e. The molecule has 0 aliphatic carbocycles. The summed E-state index contributed by atoms with van der Waals surface area (Å²) in [5, 5.41) is 4.43. The van der Waals surface area contributed by atoms with Crippen molar-refractivity contribution in [2.45, 2.75) is 32.7 Å². The van der Waals surface area contributed by atoms with E-state index in [0.29, 0.717) is 17.3 Å². The number of anilines is 1. The highest BCUT2D eigenvalue weighted by atomic mass is 16.1. The van der Waals surface area contributed by atoms with E-state index in [2.05, 4.69) is 18.9 Å². The first kappa shape index (κ1) is 13.3. The van der Waals surface area contributed by atoms with E-state index >= 15 is 0 Å². The van der Waals surface area contributed by atoms with E-state index in [1.54, 1.807) is 12.1 Å². The number of aromatic nitrogens is 2. The molecule has 1 heterocycles. The third kappa shape index (κ3) is 3.02. The lowest BCUT2D eigenvalue weighted by Crippen LogP contribution is -2.09. The molecule has 1 unspecified atom stereocenters. The average molecular weight is 257 g/mol. The number of nitrogens with zero attached hydrogens (tertiary/aromatic N) is 2. The van der Waals surface area contributed by atoms with Gasteiger partial charge in [-0.3, -0.25) is 9.48 Å². The molecular weight excluding hydrogens is 238 g/mol. The van der Waals surface area contributed by atoms with E-state index in [-0.39, 0.29) is 12.2 Å². The van der Waals surface area contributed by atoms with Crippen LogP contribution >= 0.6 is 0 Å². The highest BCUT2D eigenvalue weighted by Gasteiger charge is 2.12. The fourth-order valence-corrected chi connectivity index (χ4v) is 1.91. The number of carbonyl (C=O) groups is 1. The summed E-state index contributed by atoms with van der Waals surface area (Å²) in [5.74, 6) is 0.00695. The van der Waals surface area contributed by atoms with Crippen molar-refractivity contribution < 1.29 is 4.79 Å². The minimum absolute atomic E-state index is 0.00695. The number of rotatable bonds is 5. The Morgan fingerprint density at radius 2 is 2.11 bits per heavy atom. The monoisotopic (exact) mass is 257 g/mol. The minimum Gasteiger partial charge on any atom is -0.398 e. The zero-order valence-electron chi connectivity index (χ0n) is 11.3. The van der Waals surface area contributed by atoms with Gasteiger partial charge in [0.1, 0.15) is 0 Å². The molecule has 2 N–H and O–H groups in total. The van der Waals surface area contributed by atoms with Crippen LogP contribution < -0.4 is 5.73 Å². The first-order chi connectivity index (χ1) is 9.11. The summed E-state index contributed by atoms with van der Waals surface area (Å²) in [6, 6.07) is 9.38. The molecule has 0 aliphatic heterocycles. The second kappa shape index (κ2) is 5.69. The molecule has 0 bridgehead atoms.